The van der Waals surface area contributed by atoms with E-state index in [9.17, 15) is 4.79 Å². The van der Waals surface area contributed by atoms with Gasteiger partial charge in [-0.1, -0.05) is 36.4 Å². The number of amides is 1. The van der Waals surface area contributed by atoms with Crippen LogP contribution in [0.1, 0.15) is 29.2 Å². The molecule has 29 heavy (non-hydrogen) atoms. The van der Waals surface area contributed by atoms with Crippen molar-refractivity contribution in [3.63, 3.8) is 0 Å². The van der Waals surface area contributed by atoms with Gasteiger partial charge in [0.05, 0.1) is 19.8 Å². The van der Waals surface area contributed by atoms with Crippen LogP contribution >= 0.6 is 0 Å². The summed E-state index contributed by atoms with van der Waals surface area (Å²) in [4.78, 5) is 11.2. The third kappa shape index (κ3) is 3.63. The fourth-order valence-corrected chi connectivity index (χ4v) is 3.77. The van der Waals surface area contributed by atoms with E-state index in [4.69, 9.17) is 19.9 Å². The quantitative estimate of drug-likeness (QED) is 0.683. The van der Waals surface area contributed by atoms with Crippen LogP contribution in [0.15, 0.2) is 60.7 Å². The summed E-state index contributed by atoms with van der Waals surface area (Å²) < 4.78 is 17.4. The maximum Gasteiger partial charge on any atom is 0.217 e. The highest BCUT2D eigenvalue weighted by molar-refractivity contribution is 5.82. The second-order valence-electron chi connectivity index (χ2n) is 7.00. The summed E-state index contributed by atoms with van der Waals surface area (Å²) in [7, 11) is 3.31. The van der Waals surface area contributed by atoms with Crippen molar-refractivity contribution in [2.75, 3.05) is 14.2 Å². The molecule has 0 radical (unpaired) electrons. The van der Waals surface area contributed by atoms with Gasteiger partial charge in [-0.25, -0.2) is 0 Å². The lowest BCUT2D eigenvalue weighted by Gasteiger charge is -2.30. The number of fused-ring (bicyclic) bond motifs is 3. The van der Waals surface area contributed by atoms with E-state index in [2.05, 4.69) is 12.1 Å². The van der Waals surface area contributed by atoms with Crippen molar-refractivity contribution in [1.82, 2.24) is 0 Å². The SMILES string of the molecule is COc1cccc(C2Oc3cccc(OC)c3-c3ccc(CCC(N)=O)cc32)c1. The first-order valence-corrected chi connectivity index (χ1v) is 9.50. The summed E-state index contributed by atoms with van der Waals surface area (Å²) in [6, 6.07) is 19.9. The molecule has 2 N–H and O–H groups in total. The summed E-state index contributed by atoms with van der Waals surface area (Å²) in [5.74, 6) is 2.00. The number of carbonyl (C=O) groups is 1. The van der Waals surface area contributed by atoms with Crippen molar-refractivity contribution in [3.05, 3.63) is 77.4 Å². The Kier molecular flexibility index (Phi) is 5.12. The van der Waals surface area contributed by atoms with Crippen molar-refractivity contribution in [2.24, 2.45) is 5.73 Å². The fourth-order valence-electron chi connectivity index (χ4n) is 3.77. The molecular weight excluding hydrogens is 366 g/mol. The van der Waals surface area contributed by atoms with Crippen molar-refractivity contribution < 1.29 is 19.0 Å². The van der Waals surface area contributed by atoms with Gasteiger partial charge in [0.15, 0.2) is 0 Å². The van der Waals surface area contributed by atoms with Crippen molar-refractivity contribution in [1.29, 1.82) is 0 Å². The minimum atomic E-state index is -0.310. The molecule has 0 saturated carbocycles. The van der Waals surface area contributed by atoms with Gasteiger partial charge in [-0.3, -0.25) is 4.79 Å². The standard InChI is InChI=1S/C24H23NO4/c1-27-17-6-3-5-16(14-17)24-19-13-15(10-12-22(25)26)9-11-18(19)23-20(28-2)7-4-8-21(23)29-24/h3-9,11,13-14,24H,10,12H2,1-2H3,(H2,25,26). The molecule has 1 amide bonds. The van der Waals surface area contributed by atoms with E-state index >= 15 is 0 Å². The van der Waals surface area contributed by atoms with E-state index in [1.54, 1.807) is 14.2 Å². The van der Waals surface area contributed by atoms with E-state index in [-0.39, 0.29) is 12.0 Å². The Bertz CT molecular complexity index is 1060. The number of hydrogen-bond donors (Lipinski definition) is 1. The Morgan fingerprint density at radius 3 is 2.62 bits per heavy atom. The molecule has 4 rings (SSSR count). The second-order valence-corrected chi connectivity index (χ2v) is 7.00. The summed E-state index contributed by atoms with van der Waals surface area (Å²) >= 11 is 0. The van der Waals surface area contributed by atoms with E-state index in [0.717, 1.165) is 45.1 Å². The van der Waals surface area contributed by atoms with Gasteiger partial charge in [0.25, 0.3) is 0 Å². The van der Waals surface area contributed by atoms with E-state index in [1.165, 1.54) is 0 Å². The molecule has 5 nitrogen and oxygen atoms in total. The Morgan fingerprint density at radius 1 is 1.03 bits per heavy atom. The van der Waals surface area contributed by atoms with Gasteiger partial charge in [-0.2, -0.15) is 0 Å². The molecule has 0 aromatic heterocycles. The molecule has 0 aliphatic carbocycles. The fraction of sp³-hybridized carbons (Fsp3) is 0.208. The van der Waals surface area contributed by atoms with Crippen LogP contribution in [-0.2, 0) is 11.2 Å². The number of hydrogen-bond acceptors (Lipinski definition) is 4. The van der Waals surface area contributed by atoms with E-state index < -0.39 is 0 Å². The predicted molar refractivity (Wildman–Crippen MR) is 111 cm³/mol. The first kappa shape index (κ1) is 18.9. The zero-order chi connectivity index (χ0) is 20.4. The van der Waals surface area contributed by atoms with Gasteiger partial charge in [0.2, 0.25) is 5.91 Å². The first-order chi connectivity index (χ1) is 14.1. The number of rotatable bonds is 6. The largest absolute Gasteiger partial charge is 0.497 e. The summed E-state index contributed by atoms with van der Waals surface area (Å²) in [5.41, 5.74) is 10.4. The number of ether oxygens (including phenoxy) is 3. The number of carbonyl (C=O) groups excluding carboxylic acids is 1. The minimum absolute atomic E-state index is 0.298. The smallest absolute Gasteiger partial charge is 0.217 e. The highest BCUT2D eigenvalue weighted by Gasteiger charge is 2.30. The normalized spacial score (nSPS) is 14.3. The maximum absolute atomic E-state index is 11.2. The lowest BCUT2D eigenvalue weighted by Crippen LogP contribution is -2.17. The van der Waals surface area contributed by atoms with Crippen LogP contribution in [0.5, 0.6) is 17.2 Å². The monoisotopic (exact) mass is 389 g/mol. The van der Waals surface area contributed by atoms with Crippen molar-refractivity contribution >= 4 is 5.91 Å². The van der Waals surface area contributed by atoms with Crippen LogP contribution in [0.4, 0.5) is 0 Å². The lowest BCUT2D eigenvalue weighted by atomic mass is 9.87. The topological polar surface area (TPSA) is 70.8 Å². The molecule has 0 spiro atoms. The van der Waals surface area contributed by atoms with Crippen LogP contribution in [0, 0.1) is 0 Å². The highest BCUT2D eigenvalue weighted by atomic mass is 16.5. The number of benzene rings is 3. The average Bonchev–Trinajstić information content (AvgIpc) is 2.76. The van der Waals surface area contributed by atoms with Gasteiger partial charge in [-0.15, -0.1) is 0 Å². The van der Waals surface area contributed by atoms with Gasteiger partial charge in [0, 0.05) is 17.5 Å². The molecular formula is C24H23NO4. The van der Waals surface area contributed by atoms with Crippen LogP contribution < -0.4 is 19.9 Å². The number of nitrogens with two attached hydrogens (primary N) is 1. The lowest BCUT2D eigenvalue weighted by molar-refractivity contribution is -0.117. The third-order valence-electron chi connectivity index (χ3n) is 5.18. The van der Waals surface area contributed by atoms with Gasteiger partial charge >= 0.3 is 0 Å². The predicted octanol–water partition coefficient (Wildman–Crippen LogP) is 4.27. The average molecular weight is 389 g/mol. The van der Waals surface area contributed by atoms with Crippen LogP contribution in [0.2, 0.25) is 0 Å². The third-order valence-corrected chi connectivity index (χ3v) is 5.18. The molecule has 1 heterocycles. The van der Waals surface area contributed by atoms with Crippen LogP contribution in [0.3, 0.4) is 0 Å². The van der Waals surface area contributed by atoms with Crippen molar-refractivity contribution in [3.8, 4) is 28.4 Å². The zero-order valence-electron chi connectivity index (χ0n) is 16.5. The van der Waals surface area contributed by atoms with Crippen molar-refractivity contribution in [2.45, 2.75) is 18.9 Å². The minimum Gasteiger partial charge on any atom is -0.497 e. The molecule has 3 aromatic carbocycles. The molecule has 1 unspecified atom stereocenters. The Morgan fingerprint density at radius 2 is 1.86 bits per heavy atom. The highest BCUT2D eigenvalue weighted by Crippen LogP contribution is 2.49. The Hall–Kier alpha value is -3.47. The molecule has 5 heteroatoms. The molecule has 3 aromatic rings. The van der Waals surface area contributed by atoms with Gasteiger partial charge < -0.3 is 19.9 Å². The molecule has 0 fully saturated rings. The second kappa shape index (κ2) is 7.87. The van der Waals surface area contributed by atoms with E-state index in [0.29, 0.717) is 12.8 Å². The van der Waals surface area contributed by atoms with Gasteiger partial charge in [0.1, 0.15) is 23.4 Å². The molecule has 148 valence electrons. The number of methoxy groups -OCH3 is 2. The zero-order valence-corrected chi connectivity index (χ0v) is 16.5. The summed E-state index contributed by atoms with van der Waals surface area (Å²) in [6.07, 6.45) is 0.600. The molecule has 0 saturated heterocycles. The van der Waals surface area contributed by atoms with E-state index in [1.807, 2.05) is 48.5 Å². The summed E-state index contributed by atoms with van der Waals surface area (Å²) in [5, 5.41) is 0. The Balaban J connectivity index is 1.86. The van der Waals surface area contributed by atoms with Gasteiger partial charge in [-0.05, 0) is 41.8 Å². The Labute approximate surface area is 170 Å². The maximum atomic E-state index is 11.2. The molecule has 1 aliphatic heterocycles. The number of aryl methyl sites for hydroxylation is 1. The van der Waals surface area contributed by atoms with Crippen LogP contribution in [-0.4, -0.2) is 20.1 Å². The summed E-state index contributed by atoms with van der Waals surface area (Å²) in [6.45, 7) is 0. The molecule has 1 atom stereocenters. The molecule has 0 bridgehead atoms. The molecule has 1 aliphatic rings. The number of primary amides is 1. The van der Waals surface area contributed by atoms with Crippen LogP contribution in [0.25, 0.3) is 11.1 Å². The first-order valence-electron chi connectivity index (χ1n) is 9.50.